The van der Waals surface area contributed by atoms with Crippen LogP contribution >= 0.6 is 34.8 Å². The second-order valence-electron chi connectivity index (χ2n) is 7.13. The Hall–Kier alpha value is -1.79. The van der Waals surface area contributed by atoms with Gasteiger partial charge < -0.3 is 14.2 Å². The third kappa shape index (κ3) is 3.84. The number of morpholine rings is 1. The van der Waals surface area contributed by atoms with Crippen molar-refractivity contribution >= 4 is 51.7 Å². The van der Waals surface area contributed by atoms with Crippen molar-refractivity contribution < 1.29 is 4.74 Å². The van der Waals surface area contributed by atoms with Crippen molar-refractivity contribution in [1.29, 1.82) is 0 Å². The number of ether oxygens (including phenoxy) is 1. The second kappa shape index (κ2) is 8.15. The summed E-state index contributed by atoms with van der Waals surface area (Å²) in [6.45, 7) is 9.19. The van der Waals surface area contributed by atoms with Gasteiger partial charge in [0.15, 0.2) is 5.65 Å². The predicted octanol–water partition coefficient (Wildman–Crippen LogP) is 5.13. The maximum absolute atomic E-state index is 6.81. The summed E-state index contributed by atoms with van der Waals surface area (Å²) in [6, 6.07) is 5.60. The summed E-state index contributed by atoms with van der Waals surface area (Å²) >= 11 is 19.5. The molecule has 0 unspecified atom stereocenters. The second-order valence-corrected chi connectivity index (χ2v) is 8.30. The van der Waals surface area contributed by atoms with E-state index in [0.29, 0.717) is 34.8 Å². The lowest BCUT2D eigenvalue weighted by Gasteiger charge is -2.31. The van der Waals surface area contributed by atoms with Crippen LogP contribution in [0.3, 0.4) is 0 Å². The smallest absolute Gasteiger partial charge is 0.161 e. The molecule has 0 atom stereocenters. The predicted molar refractivity (Wildman–Crippen MR) is 119 cm³/mol. The van der Waals surface area contributed by atoms with E-state index in [-0.39, 0.29) is 0 Å². The minimum Gasteiger partial charge on any atom is -0.378 e. The molecule has 1 aromatic carbocycles. The Morgan fingerprint density at radius 2 is 1.90 bits per heavy atom. The van der Waals surface area contributed by atoms with Crippen LogP contribution in [0.4, 0.5) is 0 Å². The van der Waals surface area contributed by atoms with Gasteiger partial charge in [-0.3, -0.25) is 0 Å². The van der Waals surface area contributed by atoms with Crippen LogP contribution in [0.2, 0.25) is 15.2 Å². The number of benzene rings is 1. The Morgan fingerprint density at radius 3 is 2.62 bits per heavy atom. The molecule has 1 aliphatic heterocycles. The highest BCUT2D eigenvalue weighted by Crippen LogP contribution is 2.35. The molecule has 8 heteroatoms. The first-order valence-electron chi connectivity index (χ1n) is 9.34. The first kappa shape index (κ1) is 20.5. The van der Waals surface area contributed by atoms with E-state index in [2.05, 4.69) is 16.5 Å². The molecule has 0 amide bonds. The number of pyridine rings is 1. The molecule has 0 radical (unpaired) electrons. The fourth-order valence-electron chi connectivity index (χ4n) is 3.61. The number of rotatable bonds is 4. The van der Waals surface area contributed by atoms with Crippen LogP contribution in [-0.2, 0) is 18.2 Å². The van der Waals surface area contributed by atoms with Crippen LogP contribution in [0, 0.1) is 6.92 Å². The van der Waals surface area contributed by atoms with E-state index in [1.165, 1.54) is 0 Å². The molecule has 1 fully saturated rings. The number of fused-ring (bicyclic) bond motifs is 1. The Balaban J connectivity index is 1.72. The van der Waals surface area contributed by atoms with Gasteiger partial charge in [-0.1, -0.05) is 41.4 Å². The van der Waals surface area contributed by atoms with Gasteiger partial charge in [0.25, 0.3) is 0 Å². The SMILES string of the molecule is C=C(c1ccc(Cl)c(Cc2nc3c(C)cc(Cl)nc3n2C)c1Cl)N1CCOCC1. The van der Waals surface area contributed by atoms with Crippen molar-refractivity contribution in [3.63, 3.8) is 0 Å². The number of hydrogen-bond acceptors (Lipinski definition) is 4. The van der Waals surface area contributed by atoms with Crippen LogP contribution in [0.15, 0.2) is 24.8 Å². The number of halogens is 3. The normalized spacial score (nSPS) is 14.6. The standard InChI is InChI=1S/C21H21Cl3N4O/c1-12-10-17(23)25-21-20(12)26-18(27(21)3)11-15-16(22)5-4-14(19(15)24)13(2)28-6-8-29-9-7-28/h4-5,10H,2,6-9,11H2,1,3H3. The van der Waals surface area contributed by atoms with Gasteiger partial charge in [0.1, 0.15) is 16.5 Å². The van der Waals surface area contributed by atoms with Crippen LogP contribution in [0.25, 0.3) is 16.9 Å². The summed E-state index contributed by atoms with van der Waals surface area (Å²) < 4.78 is 7.37. The number of hydrogen-bond donors (Lipinski definition) is 0. The van der Waals surface area contributed by atoms with Crippen molar-refractivity contribution in [2.24, 2.45) is 7.05 Å². The average molecular weight is 452 g/mol. The van der Waals surface area contributed by atoms with Gasteiger partial charge in [-0.15, -0.1) is 0 Å². The van der Waals surface area contributed by atoms with Gasteiger partial charge in [0, 0.05) is 42.8 Å². The molecule has 2 aromatic heterocycles. The van der Waals surface area contributed by atoms with Gasteiger partial charge >= 0.3 is 0 Å². The zero-order valence-corrected chi connectivity index (χ0v) is 18.6. The topological polar surface area (TPSA) is 43.2 Å². The lowest BCUT2D eigenvalue weighted by atomic mass is 10.0. The summed E-state index contributed by atoms with van der Waals surface area (Å²) in [6.07, 6.45) is 0.478. The van der Waals surface area contributed by atoms with E-state index in [4.69, 9.17) is 44.5 Å². The van der Waals surface area contributed by atoms with E-state index >= 15 is 0 Å². The summed E-state index contributed by atoms with van der Waals surface area (Å²) in [5.74, 6) is 0.816. The molecule has 5 nitrogen and oxygen atoms in total. The molecule has 0 bridgehead atoms. The first-order chi connectivity index (χ1) is 13.9. The van der Waals surface area contributed by atoms with Crippen molar-refractivity contribution in [2.75, 3.05) is 26.3 Å². The Bertz CT molecular complexity index is 1100. The highest BCUT2D eigenvalue weighted by atomic mass is 35.5. The fraction of sp³-hybridized carbons (Fsp3) is 0.333. The summed E-state index contributed by atoms with van der Waals surface area (Å²) in [7, 11) is 1.92. The number of nitrogens with zero attached hydrogens (tertiary/aromatic N) is 4. The fourth-order valence-corrected chi connectivity index (χ4v) is 4.47. The zero-order valence-electron chi connectivity index (χ0n) is 16.3. The number of aryl methyl sites for hydroxylation is 2. The van der Waals surface area contributed by atoms with E-state index in [1.54, 1.807) is 0 Å². The molecule has 4 rings (SSSR count). The van der Waals surface area contributed by atoms with E-state index in [0.717, 1.165) is 52.5 Å². The van der Waals surface area contributed by atoms with Gasteiger partial charge in [-0.05, 0) is 36.2 Å². The molecule has 3 heterocycles. The van der Waals surface area contributed by atoms with Crippen molar-refractivity contribution in [2.45, 2.75) is 13.3 Å². The number of imidazole rings is 1. The van der Waals surface area contributed by atoms with Crippen LogP contribution in [-0.4, -0.2) is 45.7 Å². The largest absolute Gasteiger partial charge is 0.378 e. The van der Waals surface area contributed by atoms with E-state index < -0.39 is 0 Å². The molecule has 0 saturated carbocycles. The van der Waals surface area contributed by atoms with Crippen molar-refractivity contribution in [3.05, 3.63) is 62.5 Å². The Kier molecular flexibility index (Phi) is 5.76. The molecular formula is C21H21Cl3N4O. The summed E-state index contributed by atoms with van der Waals surface area (Å²) in [5, 5.41) is 1.65. The van der Waals surface area contributed by atoms with Gasteiger partial charge in [0.2, 0.25) is 0 Å². The molecule has 3 aromatic rings. The summed E-state index contributed by atoms with van der Waals surface area (Å²) in [5.41, 5.74) is 5.13. The van der Waals surface area contributed by atoms with Crippen LogP contribution in [0.5, 0.6) is 0 Å². The van der Waals surface area contributed by atoms with Gasteiger partial charge in [-0.2, -0.15) is 0 Å². The Morgan fingerprint density at radius 1 is 1.17 bits per heavy atom. The van der Waals surface area contributed by atoms with Gasteiger partial charge in [0.05, 0.1) is 18.2 Å². The van der Waals surface area contributed by atoms with Crippen LogP contribution in [0.1, 0.15) is 22.5 Å². The van der Waals surface area contributed by atoms with E-state index in [9.17, 15) is 0 Å². The monoisotopic (exact) mass is 450 g/mol. The lowest BCUT2D eigenvalue weighted by molar-refractivity contribution is 0.0641. The summed E-state index contributed by atoms with van der Waals surface area (Å²) in [4.78, 5) is 11.4. The highest BCUT2D eigenvalue weighted by molar-refractivity contribution is 6.37. The van der Waals surface area contributed by atoms with Crippen LogP contribution < -0.4 is 0 Å². The Labute approximate surface area is 184 Å². The van der Waals surface area contributed by atoms with Gasteiger partial charge in [-0.25, -0.2) is 9.97 Å². The number of aromatic nitrogens is 3. The maximum Gasteiger partial charge on any atom is 0.161 e. The molecular weight excluding hydrogens is 431 g/mol. The average Bonchev–Trinajstić information content (AvgIpc) is 3.01. The quantitative estimate of drug-likeness (QED) is 0.516. The minimum absolute atomic E-state index is 0.449. The maximum atomic E-state index is 6.81. The zero-order chi connectivity index (χ0) is 20.7. The van der Waals surface area contributed by atoms with Crippen molar-refractivity contribution in [1.82, 2.24) is 19.4 Å². The molecule has 0 N–H and O–H groups in total. The van der Waals surface area contributed by atoms with Crippen molar-refractivity contribution in [3.8, 4) is 0 Å². The third-order valence-electron chi connectivity index (χ3n) is 5.30. The highest BCUT2D eigenvalue weighted by Gasteiger charge is 2.21. The molecule has 0 spiro atoms. The molecule has 1 saturated heterocycles. The molecule has 152 valence electrons. The first-order valence-corrected chi connectivity index (χ1v) is 10.5. The molecule has 1 aliphatic rings. The third-order valence-corrected chi connectivity index (χ3v) is 6.28. The molecule has 29 heavy (non-hydrogen) atoms. The minimum atomic E-state index is 0.449. The molecule has 0 aliphatic carbocycles. The van der Waals surface area contributed by atoms with E-state index in [1.807, 2.05) is 36.7 Å². The lowest BCUT2D eigenvalue weighted by Crippen LogP contribution is -2.34.